The molecule has 0 aliphatic carbocycles. The number of nitro benzene ring substituents is 1. The molecule has 5 nitrogen and oxygen atoms in total. The molecule has 0 radical (unpaired) electrons. The van der Waals surface area contributed by atoms with Gasteiger partial charge in [-0.05, 0) is 31.4 Å². The molecule has 0 fully saturated rings. The van der Waals surface area contributed by atoms with Crippen molar-refractivity contribution in [1.82, 2.24) is 0 Å². The summed E-state index contributed by atoms with van der Waals surface area (Å²) in [6, 6.07) is 3.57. The summed E-state index contributed by atoms with van der Waals surface area (Å²) >= 11 is 0. The minimum absolute atomic E-state index is 0.0946. The number of aliphatic hydroxyl groups is 1. The number of aliphatic hydroxyl groups excluding tert-OH is 1. The first-order valence-electron chi connectivity index (χ1n) is 5.49. The average Bonchev–Trinajstić information content (AvgIpc) is 2.27. The fourth-order valence-corrected chi connectivity index (χ4v) is 1.71. The van der Waals surface area contributed by atoms with Crippen LogP contribution in [-0.2, 0) is 11.2 Å². The highest BCUT2D eigenvalue weighted by Crippen LogP contribution is 2.21. The van der Waals surface area contributed by atoms with Crippen LogP contribution in [0.2, 0.25) is 0 Å². The highest BCUT2D eigenvalue weighted by Gasteiger charge is 2.18. The maximum Gasteiger partial charge on any atom is 0.304 e. The zero-order valence-electron chi connectivity index (χ0n) is 9.93. The monoisotopic (exact) mass is 255 g/mol. The quantitative estimate of drug-likeness (QED) is 0.621. The van der Waals surface area contributed by atoms with Crippen molar-refractivity contribution in [2.75, 3.05) is 6.61 Å². The molecule has 0 saturated carbocycles. The number of Topliss-reactive ketones (excluding diaryl/α,β-unsaturated/α-hetero) is 1. The number of halogens is 1. The summed E-state index contributed by atoms with van der Waals surface area (Å²) in [7, 11) is 0. The van der Waals surface area contributed by atoms with E-state index >= 15 is 0 Å². The van der Waals surface area contributed by atoms with Crippen molar-refractivity contribution in [2.24, 2.45) is 5.92 Å². The zero-order valence-corrected chi connectivity index (χ0v) is 9.93. The number of hydrogen-bond donors (Lipinski definition) is 1. The first-order valence-corrected chi connectivity index (χ1v) is 5.49. The van der Waals surface area contributed by atoms with Gasteiger partial charge in [0.15, 0.2) is 0 Å². The molecule has 6 heteroatoms. The topological polar surface area (TPSA) is 80.4 Å². The Morgan fingerprint density at radius 2 is 2.22 bits per heavy atom. The maximum atomic E-state index is 13.4. The Labute approximate surface area is 103 Å². The third-order valence-corrected chi connectivity index (χ3v) is 2.74. The summed E-state index contributed by atoms with van der Waals surface area (Å²) in [6.45, 7) is 1.28. The lowest BCUT2D eigenvalue weighted by atomic mass is 9.93. The number of rotatable bonds is 6. The van der Waals surface area contributed by atoms with Crippen molar-refractivity contribution in [3.8, 4) is 0 Å². The van der Waals surface area contributed by atoms with Gasteiger partial charge in [-0.25, -0.2) is 0 Å². The number of ketones is 1. The second-order valence-corrected chi connectivity index (χ2v) is 4.07. The minimum atomic E-state index is -0.913. The van der Waals surface area contributed by atoms with Crippen molar-refractivity contribution in [3.63, 3.8) is 0 Å². The van der Waals surface area contributed by atoms with Crippen molar-refractivity contribution in [2.45, 2.75) is 19.8 Å². The first kappa shape index (κ1) is 14.2. The molecule has 1 atom stereocenters. The smallest absolute Gasteiger partial charge is 0.304 e. The van der Waals surface area contributed by atoms with Crippen LogP contribution in [0.25, 0.3) is 0 Å². The van der Waals surface area contributed by atoms with E-state index in [9.17, 15) is 19.3 Å². The Bertz CT molecular complexity index is 461. The van der Waals surface area contributed by atoms with Crippen molar-refractivity contribution < 1.29 is 19.2 Å². The predicted molar refractivity (Wildman–Crippen MR) is 62.6 cm³/mol. The average molecular weight is 255 g/mol. The number of carbonyl (C=O) groups is 1. The van der Waals surface area contributed by atoms with Crippen molar-refractivity contribution >= 4 is 11.5 Å². The summed E-state index contributed by atoms with van der Waals surface area (Å²) < 4.78 is 13.4. The van der Waals surface area contributed by atoms with Crippen LogP contribution in [0.3, 0.4) is 0 Å². The van der Waals surface area contributed by atoms with Gasteiger partial charge in [0.1, 0.15) is 5.78 Å². The Balaban J connectivity index is 2.88. The lowest BCUT2D eigenvalue weighted by Gasteiger charge is -2.12. The molecule has 0 heterocycles. The second kappa shape index (κ2) is 6.20. The van der Waals surface area contributed by atoms with Gasteiger partial charge < -0.3 is 5.11 Å². The van der Waals surface area contributed by atoms with E-state index in [-0.39, 0.29) is 18.8 Å². The van der Waals surface area contributed by atoms with Gasteiger partial charge in [0.05, 0.1) is 4.92 Å². The molecule has 18 heavy (non-hydrogen) atoms. The standard InChI is InChI=1S/C12H14FNO4/c1-8(16)10(4-5-15)6-9-2-3-12(14(17)18)11(13)7-9/h2-3,7,10,15H,4-6H2,1H3. The summed E-state index contributed by atoms with van der Waals surface area (Å²) in [5.74, 6) is -1.40. The van der Waals surface area contributed by atoms with Gasteiger partial charge in [0.25, 0.3) is 0 Å². The molecule has 1 unspecified atom stereocenters. The third kappa shape index (κ3) is 3.59. The van der Waals surface area contributed by atoms with Crippen LogP contribution in [0.5, 0.6) is 0 Å². The van der Waals surface area contributed by atoms with E-state index in [1.807, 2.05) is 0 Å². The predicted octanol–water partition coefficient (Wildman–Crippen LogP) is 1.86. The van der Waals surface area contributed by atoms with E-state index in [4.69, 9.17) is 5.11 Å². The highest BCUT2D eigenvalue weighted by atomic mass is 19.1. The molecule has 1 aromatic rings. The lowest BCUT2D eigenvalue weighted by Crippen LogP contribution is -2.15. The Morgan fingerprint density at radius 1 is 1.56 bits per heavy atom. The van der Waals surface area contributed by atoms with E-state index in [0.717, 1.165) is 12.1 Å². The first-order chi connectivity index (χ1) is 8.45. The third-order valence-electron chi connectivity index (χ3n) is 2.74. The molecule has 0 bridgehead atoms. The van der Waals surface area contributed by atoms with Gasteiger partial charge in [-0.3, -0.25) is 14.9 Å². The number of carbonyl (C=O) groups excluding carboxylic acids is 1. The fourth-order valence-electron chi connectivity index (χ4n) is 1.71. The lowest BCUT2D eigenvalue weighted by molar-refractivity contribution is -0.387. The van der Waals surface area contributed by atoms with E-state index in [1.165, 1.54) is 13.0 Å². The minimum Gasteiger partial charge on any atom is -0.396 e. The van der Waals surface area contributed by atoms with Crippen LogP contribution >= 0.6 is 0 Å². The molecule has 0 spiro atoms. The molecule has 1 rings (SSSR count). The van der Waals surface area contributed by atoms with Crippen LogP contribution in [0.4, 0.5) is 10.1 Å². The van der Waals surface area contributed by atoms with Crippen LogP contribution < -0.4 is 0 Å². The van der Waals surface area contributed by atoms with Gasteiger partial charge in [-0.2, -0.15) is 4.39 Å². The zero-order chi connectivity index (χ0) is 13.7. The van der Waals surface area contributed by atoms with E-state index < -0.39 is 22.3 Å². The number of benzene rings is 1. The summed E-state index contributed by atoms with van der Waals surface area (Å²) in [6.07, 6.45) is 0.568. The maximum absolute atomic E-state index is 13.4. The largest absolute Gasteiger partial charge is 0.396 e. The molecule has 1 N–H and O–H groups in total. The van der Waals surface area contributed by atoms with E-state index in [0.29, 0.717) is 12.0 Å². The molecular weight excluding hydrogens is 241 g/mol. The van der Waals surface area contributed by atoms with Gasteiger partial charge >= 0.3 is 5.69 Å². The molecule has 1 aromatic carbocycles. The highest BCUT2D eigenvalue weighted by molar-refractivity contribution is 5.78. The van der Waals surface area contributed by atoms with E-state index in [1.54, 1.807) is 0 Å². The fraction of sp³-hybridized carbons (Fsp3) is 0.417. The summed E-state index contributed by atoms with van der Waals surface area (Å²) in [5, 5.41) is 19.3. The van der Waals surface area contributed by atoms with Crippen molar-refractivity contribution in [1.29, 1.82) is 0 Å². The molecule has 98 valence electrons. The molecule has 0 aromatic heterocycles. The Hall–Kier alpha value is -1.82. The normalized spacial score (nSPS) is 12.2. The summed E-state index contributed by atoms with van der Waals surface area (Å²) in [4.78, 5) is 20.9. The van der Waals surface area contributed by atoms with Gasteiger partial charge in [0, 0.05) is 18.6 Å². The number of nitro groups is 1. The molecular formula is C12H14FNO4. The Morgan fingerprint density at radius 3 is 2.67 bits per heavy atom. The molecule has 0 aliphatic rings. The van der Waals surface area contributed by atoms with Crippen LogP contribution in [0, 0.1) is 21.8 Å². The number of hydrogen-bond acceptors (Lipinski definition) is 4. The molecule has 0 aliphatic heterocycles. The second-order valence-electron chi connectivity index (χ2n) is 4.07. The van der Waals surface area contributed by atoms with Crippen LogP contribution in [0.15, 0.2) is 18.2 Å². The number of nitrogens with zero attached hydrogens (tertiary/aromatic N) is 1. The van der Waals surface area contributed by atoms with E-state index in [2.05, 4.69) is 0 Å². The van der Waals surface area contributed by atoms with Crippen LogP contribution in [0.1, 0.15) is 18.9 Å². The van der Waals surface area contributed by atoms with Crippen molar-refractivity contribution in [3.05, 3.63) is 39.7 Å². The SMILES string of the molecule is CC(=O)C(CCO)Cc1ccc([N+](=O)[O-])c(F)c1. The Kier molecular flexibility index (Phi) is 4.91. The molecule has 0 amide bonds. The van der Waals surface area contributed by atoms with Crippen LogP contribution in [-0.4, -0.2) is 22.4 Å². The van der Waals surface area contributed by atoms with Gasteiger partial charge in [-0.15, -0.1) is 0 Å². The van der Waals surface area contributed by atoms with Gasteiger partial charge in [-0.1, -0.05) is 6.07 Å². The summed E-state index contributed by atoms with van der Waals surface area (Å²) in [5.41, 5.74) is -0.0768. The van der Waals surface area contributed by atoms with Gasteiger partial charge in [0.2, 0.25) is 5.82 Å². The molecule has 0 saturated heterocycles.